The fourth-order valence-corrected chi connectivity index (χ4v) is 10.2. The van der Waals surface area contributed by atoms with Crippen molar-refractivity contribution in [2.75, 3.05) is 0 Å². The van der Waals surface area contributed by atoms with Gasteiger partial charge in [0.25, 0.3) is 0 Å². The van der Waals surface area contributed by atoms with E-state index in [-0.39, 0.29) is 22.3 Å². The van der Waals surface area contributed by atoms with E-state index in [4.69, 9.17) is 9.97 Å². The molecule has 0 N–H and O–H groups in total. The van der Waals surface area contributed by atoms with Gasteiger partial charge in [-0.1, -0.05) is 127 Å². The van der Waals surface area contributed by atoms with Crippen LogP contribution in [0.15, 0.2) is 194 Å². The molecule has 0 atom stereocenters. The molecule has 0 saturated heterocycles. The molecule has 332 valence electrons. The Morgan fingerprint density at radius 3 is 1.66 bits per heavy atom. The molecule has 0 spiro atoms. The highest BCUT2D eigenvalue weighted by atomic mass is 19.4. The van der Waals surface area contributed by atoms with E-state index >= 15 is 13.2 Å². The smallest absolute Gasteiger partial charge is 0.308 e. The zero-order valence-electron chi connectivity index (χ0n) is 37.3. The first-order valence-electron chi connectivity index (χ1n) is 22.9. The van der Waals surface area contributed by atoms with Crippen LogP contribution < -0.4 is 0 Å². The normalized spacial score (nSPS) is 12.3. The lowest BCUT2D eigenvalue weighted by Gasteiger charge is -2.21. The molecule has 0 bridgehead atoms. The third kappa shape index (κ3) is 7.03. The van der Waals surface area contributed by atoms with E-state index < -0.39 is 11.7 Å². The van der Waals surface area contributed by atoms with E-state index in [1.807, 2.05) is 155 Å². The average molecular weight is 911 g/mol. The number of nitriles is 2. The lowest BCUT2D eigenvalue weighted by Crippen LogP contribution is -2.10. The molecule has 7 aromatic carbocycles. The summed E-state index contributed by atoms with van der Waals surface area (Å²) in [6, 6.07) is 59.7. The maximum absolute atomic E-state index is 15.3. The molecule has 12 rings (SSSR count). The zero-order valence-corrected chi connectivity index (χ0v) is 37.3. The van der Waals surface area contributed by atoms with Gasteiger partial charge in [0.1, 0.15) is 11.6 Å². The molecule has 0 amide bonds. The Hall–Kier alpha value is -9.31. The van der Waals surface area contributed by atoms with E-state index in [9.17, 15) is 10.5 Å². The van der Waals surface area contributed by atoms with Gasteiger partial charge in [0.15, 0.2) is 0 Å². The Kier molecular flexibility index (Phi) is 10.1. The molecule has 1 aliphatic rings. The lowest BCUT2D eigenvalue weighted by atomic mass is 9.92. The summed E-state index contributed by atoms with van der Waals surface area (Å²) in [4.78, 5) is 9.62. The van der Waals surface area contributed by atoms with Gasteiger partial charge < -0.3 is 9.13 Å². The predicted molar refractivity (Wildman–Crippen MR) is 272 cm³/mol. The molecule has 0 radical (unpaired) electrons. The van der Waals surface area contributed by atoms with Gasteiger partial charge in [0, 0.05) is 62.1 Å². The predicted octanol–water partition coefficient (Wildman–Crippen LogP) is 15.6. The van der Waals surface area contributed by atoms with Crippen molar-refractivity contribution >= 4 is 38.8 Å². The Labute approximate surface area is 400 Å². The molecule has 4 heterocycles. The van der Waals surface area contributed by atoms with Crippen LogP contribution in [0, 0.1) is 22.7 Å². The van der Waals surface area contributed by atoms with Crippen molar-refractivity contribution in [1.29, 1.82) is 10.5 Å². The molecule has 0 fully saturated rings. The number of para-hydroxylation sites is 1. The number of hydrogen-bond acceptors (Lipinski definition) is 4. The summed E-state index contributed by atoms with van der Waals surface area (Å²) in [5, 5.41) is 24.9. The number of hydrogen-bond donors (Lipinski definition) is 0. The molecule has 0 aliphatic heterocycles. The van der Waals surface area contributed by atoms with Crippen LogP contribution in [0.2, 0.25) is 0 Å². The van der Waals surface area contributed by atoms with Gasteiger partial charge in [-0.3, -0.25) is 9.97 Å². The number of pyridine rings is 2. The van der Waals surface area contributed by atoms with Crippen LogP contribution in [0.1, 0.15) is 34.4 Å². The average Bonchev–Trinajstić information content (AvgIpc) is 3.92. The lowest BCUT2D eigenvalue weighted by molar-refractivity contribution is -0.137. The molecule has 1 aliphatic carbocycles. The SMILES string of the molecule is N#Cc1cccc(C(F)(F)F)c1-c1cc(-n2c3c(c4ccc(-c5ccc(-c6ccccc6)nc5)cc42)CCC=C3)c(C#N)c(-n2c3ccccc3c3ccc(-c4ccc(-c5ccccc5)nc4)cc32)c1. The number of allylic oxidation sites excluding steroid dienone is 1. The Morgan fingerprint density at radius 1 is 0.486 bits per heavy atom. The highest BCUT2D eigenvalue weighted by Crippen LogP contribution is 2.45. The largest absolute Gasteiger partial charge is 0.417 e. The maximum Gasteiger partial charge on any atom is 0.417 e. The van der Waals surface area contributed by atoms with E-state index in [0.29, 0.717) is 11.4 Å². The first-order valence-corrected chi connectivity index (χ1v) is 22.9. The molecule has 11 aromatic rings. The topological polar surface area (TPSA) is 83.2 Å². The minimum atomic E-state index is -4.80. The van der Waals surface area contributed by atoms with Crippen LogP contribution in [-0.4, -0.2) is 19.1 Å². The monoisotopic (exact) mass is 910 g/mol. The fraction of sp³-hybridized carbons (Fsp3) is 0.0492. The number of aryl methyl sites for hydroxylation is 1. The van der Waals surface area contributed by atoms with Crippen molar-refractivity contribution in [3.05, 3.63) is 222 Å². The molecule has 9 heteroatoms. The second-order valence-corrected chi connectivity index (χ2v) is 17.4. The van der Waals surface area contributed by atoms with Crippen molar-refractivity contribution in [3.63, 3.8) is 0 Å². The van der Waals surface area contributed by atoms with Gasteiger partial charge in [-0.2, -0.15) is 23.7 Å². The molecule has 4 aromatic heterocycles. The quantitative estimate of drug-likeness (QED) is 0.159. The molecule has 6 nitrogen and oxygen atoms in total. The molecule has 70 heavy (non-hydrogen) atoms. The maximum atomic E-state index is 15.3. The van der Waals surface area contributed by atoms with Crippen molar-refractivity contribution in [2.24, 2.45) is 0 Å². The molecular formula is C61H37F3N6. The summed E-state index contributed by atoms with van der Waals surface area (Å²) >= 11 is 0. The third-order valence-corrected chi connectivity index (χ3v) is 13.4. The highest BCUT2D eigenvalue weighted by Gasteiger charge is 2.36. The van der Waals surface area contributed by atoms with Crippen molar-refractivity contribution in [3.8, 4) is 79.4 Å². The summed E-state index contributed by atoms with van der Waals surface area (Å²) < 4.78 is 49.8. The number of fused-ring (bicyclic) bond motifs is 6. The van der Waals surface area contributed by atoms with Gasteiger partial charge in [-0.05, 0) is 95.8 Å². The van der Waals surface area contributed by atoms with Gasteiger partial charge in [0.2, 0.25) is 0 Å². The summed E-state index contributed by atoms with van der Waals surface area (Å²) in [6.45, 7) is 0. The van der Waals surface area contributed by atoms with Crippen LogP contribution >= 0.6 is 0 Å². The Bertz CT molecular complexity index is 3980. The minimum Gasteiger partial charge on any atom is -0.308 e. The van der Waals surface area contributed by atoms with Crippen LogP contribution in [0.5, 0.6) is 0 Å². The summed E-state index contributed by atoms with van der Waals surface area (Å²) in [6.07, 6.45) is 4.53. The molecule has 0 unspecified atom stereocenters. The Balaban J connectivity index is 1.14. The van der Waals surface area contributed by atoms with Gasteiger partial charge in [-0.25, -0.2) is 0 Å². The number of benzene rings is 7. The zero-order chi connectivity index (χ0) is 47.5. The van der Waals surface area contributed by atoms with Crippen molar-refractivity contribution in [1.82, 2.24) is 19.1 Å². The number of aromatic nitrogens is 4. The van der Waals surface area contributed by atoms with E-state index in [1.54, 1.807) is 12.1 Å². The number of rotatable bonds is 7. The van der Waals surface area contributed by atoms with Gasteiger partial charge in [0.05, 0.1) is 56.5 Å². The summed E-state index contributed by atoms with van der Waals surface area (Å²) in [7, 11) is 0. The van der Waals surface area contributed by atoms with Crippen molar-refractivity contribution < 1.29 is 13.2 Å². The Morgan fingerprint density at radius 2 is 1.06 bits per heavy atom. The fourth-order valence-electron chi connectivity index (χ4n) is 10.2. The first kappa shape index (κ1) is 42.1. The van der Waals surface area contributed by atoms with Crippen LogP contribution in [0.3, 0.4) is 0 Å². The van der Waals surface area contributed by atoms with Gasteiger partial charge >= 0.3 is 6.18 Å². The number of nitrogens with zero attached hydrogens (tertiary/aromatic N) is 6. The minimum absolute atomic E-state index is 0.139. The van der Waals surface area contributed by atoms with E-state index in [2.05, 4.69) is 36.4 Å². The second-order valence-electron chi connectivity index (χ2n) is 17.4. The third-order valence-electron chi connectivity index (χ3n) is 13.4. The molecular weight excluding hydrogens is 874 g/mol. The summed E-state index contributed by atoms with van der Waals surface area (Å²) in [5.41, 5.74) is 11.1. The van der Waals surface area contributed by atoms with Crippen LogP contribution in [0.25, 0.3) is 106 Å². The van der Waals surface area contributed by atoms with E-state index in [0.717, 1.165) is 108 Å². The van der Waals surface area contributed by atoms with Gasteiger partial charge in [-0.15, -0.1) is 0 Å². The second kappa shape index (κ2) is 16.8. The van der Waals surface area contributed by atoms with Crippen LogP contribution in [0.4, 0.5) is 13.2 Å². The summed E-state index contributed by atoms with van der Waals surface area (Å²) in [5.74, 6) is 0. The van der Waals surface area contributed by atoms with E-state index in [1.165, 1.54) is 12.1 Å². The number of alkyl halides is 3. The number of halogens is 3. The van der Waals surface area contributed by atoms with Crippen molar-refractivity contribution in [2.45, 2.75) is 19.0 Å². The molecule has 0 saturated carbocycles. The standard InChI is InChI=1S/C61H37F3N6/c62-61(63,64)51-19-11-16-42(34-65)60(51)45-32-58(69-54-20-9-7-17-46(54)48-26-22-40(30-56(48)69)43-24-28-52(67-36-43)38-12-3-1-4-13-38)50(35-66)59(33-45)70-55-21-10-8-18-47(55)49-27-23-41(31-57(49)70)44-25-29-53(68-37-44)39-14-5-2-6-15-39/h1-7,9-17,19-33,36-37H,8,18H2. The highest BCUT2D eigenvalue weighted by molar-refractivity contribution is 6.10. The van der Waals surface area contributed by atoms with Crippen LogP contribution in [-0.2, 0) is 12.6 Å². The first-order chi connectivity index (χ1) is 34.3.